The maximum Gasteiger partial charge on any atom is 0.355 e. The zero-order valence-electron chi connectivity index (χ0n) is 18.7. The Labute approximate surface area is 220 Å². The summed E-state index contributed by atoms with van der Waals surface area (Å²) in [5.74, 6) is -1.10. The summed E-state index contributed by atoms with van der Waals surface area (Å²) in [5.41, 5.74) is 4.17. The summed E-state index contributed by atoms with van der Waals surface area (Å²) in [6.45, 7) is 7.83. The van der Waals surface area contributed by atoms with Gasteiger partial charge in [0.2, 0.25) is 5.13 Å². The zero-order valence-corrected chi connectivity index (χ0v) is 22.6. The molecule has 0 aliphatic rings. The predicted molar refractivity (Wildman–Crippen MR) is 143 cm³/mol. The number of thiazole rings is 1. The number of aromatic carboxylic acids is 1. The molecule has 0 bridgehead atoms. The molecule has 0 saturated heterocycles. The fourth-order valence-electron chi connectivity index (χ4n) is 3.57. The maximum atomic E-state index is 12.5. The molecule has 0 aliphatic carbocycles. The van der Waals surface area contributed by atoms with Crippen LogP contribution in [0.5, 0.6) is 0 Å². The van der Waals surface area contributed by atoms with Crippen molar-refractivity contribution in [2.45, 2.75) is 37.2 Å². The van der Waals surface area contributed by atoms with Gasteiger partial charge in [0.25, 0.3) is 0 Å². The van der Waals surface area contributed by atoms with E-state index in [0.29, 0.717) is 37.2 Å². The third-order valence-corrected chi connectivity index (χ3v) is 8.49. The van der Waals surface area contributed by atoms with E-state index in [9.17, 15) is 9.90 Å². The van der Waals surface area contributed by atoms with Crippen LogP contribution in [0, 0.1) is 13.8 Å². The van der Waals surface area contributed by atoms with Gasteiger partial charge in [0.05, 0.1) is 25.6 Å². The lowest BCUT2D eigenvalue weighted by atomic mass is 9.98. The second kappa shape index (κ2) is 9.91. The number of benzene rings is 2. The van der Waals surface area contributed by atoms with Gasteiger partial charge in [-0.05, 0) is 43.2 Å². The Morgan fingerprint density at radius 2 is 1.82 bits per heavy atom. The fourth-order valence-corrected chi connectivity index (χ4v) is 6.52. The Morgan fingerprint density at radius 1 is 1.09 bits per heavy atom. The first kappa shape index (κ1) is 25.1. The fraction of sp³-hybridized carbons (Fsp3) is 0.208. The molecule has 2 aromatic heterocycles. The zero-order chi connectivity index (χ0) is 24.7. The first-order valence-electron chi connectivity index (χ1n) is 10.3. The second-order valence-corrected chi connectivity index (χ2v) is 11.9. The van der Waals surface area contributed by atoms with Crippen LogP contribution in [0.25, 0.3) is 27.5 Å². The lowest BCUT2D eigenvalue weighted by Crippen LogP contribution is -2.09. The largest absolute Gasteiger partial charge is 0.476 e. The van der Waals surface area contributed by atoms with Crippen molar-refractivity contribution >= 4 is 63.9 Å². The van der Waals surface area contributed by atoms with Crippen LogP contribution in [0.15, 0.2) is 40.6 Å². The summed E-state index contributed by atoms with van der Waals surface area (Å²) in [5, 5.41) is 17.0. The van der Waals surface area contributed by atoms with Gasteiger partial charge < -0.3 is 5.11 Å². The molecular formula is C24H20Cl3N3O2S2. The number of hydrogen-bond acceptors (Lipinski definition) is 5. The van der Waals surface area contributed by atoms with Crippen molar-refractivity contribution in [2.75, 3.05) is 0 Å². The van der Waals surface area contributed by atoms with Crippen molar-refractivity contribution in [1.82, 2.24) is 14.8 Å². The molecule has 2 heterocycles. The summed E-state index contributed by atoms with van der Waals surface area (Å²) in [4.78, 5) is 17.3. The SMILES string of the molecule is Cc1nn(-c2nc(-c3ccc(Cl)c(Cl)c3)c(SC(C)C)s2)c(C(=O)O)c1-c1cccc(Cl)c1C. The summed E-state index contributed by atoms with van der Waals surface area (Å²) in [7, 11) is 0. The van der Waals surface area contributed by atoms with E-state index < -0.39 is 5.97 Å². The quantitative estimate of drug-likeness (QED) is 0.243. The Kier molecular flexibility index (Phi) is 7.31. The molecule has 0 amide bonds. The molecule has 4 rings (SSSR count). The topological polar surface area (TPSA) is 68.0 Å². The summed E-state index contributed by atoms with van der Waals surface area (Å²) in [6.07, 6.45) is 0. The third kappa shape index (κ3) is 4.72. The van der Waals surface area contributed by atoms with Crippen LogP contribution in [0.3, 0.4) is 0 Å². The normalized spacial score (nSPS) is 11.4. The van der Waals surface area contributed by atoms with Gasteiger partial charge in [-0.15, -0.1) is 11.8 Å². The molecule has 0 saturated carbocycles. The lowest BCUT2D eigenvalue weighted by Gasteiger charge is -2.08. The van der Waals surface area contributed by atoms with Gasteiger partial charge >= 0.3 is 5.97 Å². The van der Waals surface area contributed by atoms with Crippen LogP contribution in [-0.4, -0.2) is 31.1 Å². The molecule has 34 heavy (non-hydrogen) atoms. The van der Waals surface area contributed by atoms with E-state index in [1.54, 1.807) is 43.0 Å². The molecule has 0 fully saturated rings. The number of nitrogens with zero attached hydrogens (tertiary/aromatic N) is 3. The number of thioether (sulfide) groups is 1. The molecule has 1 N–H and O–H groups in total. The van der Waals surface area contributed by atoms with Crippen molar-refractivity contribution in [1.29, 1.82) is 0 Å². The van der Waals surface area contributed by atoms with Crippen molar-refractivity contribution in [2.24, 2.45) is 0 Å². The second-order valence-electron chi connectivity index (χ2n) is 7.87. The highest BCUT2D eigenvalue weighted by Crippen LogP contribution is 2.42. The van der Waals surface area contributed by atoms with Crippen LogP contribution >= 0.6 is 57.9 Å². The number of carboxylic acid groups (broad SMARTS) is 1. The van der Waals surface area contributed by atoms with Gasteiger partial charge in [0, 0.05) is 21.4 Å². The molecule has 0 aliphatic heterocycles. The predicted octanol–water partition coefficient (Wildman–Crippen LogP) is 8.44. The summed E-state index contributed by atoms with van der Waals surface area (Å²) < 4.78 is 2.34. The average molecular weight is 553 g/mol. The van der Waals surface area contributed by atoms with Crippen molar-refractivity contribution < 1.29 is 9.90 Å². The first-order chi connectivity index (χ1) is 16.1. The van der Waals surface area contributed by atoms with Crippen molar-refractivity contribution in [3.63, 3.8) is 0 Å². The molecule has 5 nitrogen and oxygen atoms in total. The third-order valence-electron chi connectivity index (χ3n) is 5.10. The standard InChI is InChI=1S/C24H20Cl3N3O2S2/c1-11(2)33-23-20(14-8-9-17(26)18(27)10-14)28-24(34-23)30-21(22(31)32)19(13(4)29-30)15-6-5-7-16(25)12(15)3/h5-11H,1-4H3,(H,31,32). The number of halogens is 3. The maximum absolute atomic E-state index is 12.5. The van der Waals surface area contributed by atoms with E-state index in [4.69, 9.17) is 39.8 Å². The molecule has 4 aromatic rings. The van der Waals surface area contributed by atoms with E-state index in [1.165, 1.54) is 16.0 Å². The van der Waals surface area contributed by atoms with Gasteiger partial charge in [-0.3, -0.25) is 0 Å². The Bertz CT molecular complexity index is 1410. The Balaban J connectivity index is 1.94. The highest BCUT2D eigenvalue weighted by Gasteiger charge is 2.27. The summed E-state index contributed by atoms with van der Waals surface area (Å²) >= 11 is 21.7. The Hall–Kier alpha value is -2.03. The molecule has 2 aromatic carbocycles. The van der Waals surface area contributed by atoms with E-state index in [0.717, 1.165) is 20.9 Å². The number of carboxylic acids is 1. The molecule has 0 radical (unpaired) electrons. The van der Waals surface area contributed by atoms with E-state index in [1.807, 2.05) is 19.1 Å². The van der Waals surface area contributed by atoms with Gasteiger partial charge in [0.1, 0.15) is 0 Å². The highest BCUT2D eigenvalue weighted by molar-refractivity contribution is 8.01. The van der Waals surface area contributed by atoms with Crippen LogP contribution in [0.1, 0.15) is 35.6 Å². The molecular weight excluding hydrogens is 533 g/mol. The number of hydrogen-bond donors (Lipinski definition) is 1. The van der Waals surface area contributed by atoms with Crippen LogP contribution in [0.2, 0.25) is 15.1 Å². The van der Waals surface area contributed by atoms with Gasteiger partial charge in [-0.2, -0.15) is 9.78 Å². The summed E-state index contributed by atoms with van der Waals surface area (Å²) in [6, 6.07) is 10.8. The molecule has 0 unspecified atom stereocenters. The number of aryl methyl sites for hydroxylation is 1. The van der Waals surface area contributed by atoms with Gasteiger partial charge in [-0.25, -0.2) is 9.78 Å². The van der Waals surface area contributed by atoms with Crippen molar-refractivity contribution in [3.8, 4) is 27.5 Å². The molecule has 176 valence electrons. The molecule has 0 atom stereocenters. The monoisotopic (exact) mass is 551 g/mol. The van der Waals surface area contributed by atoms with Crippen LogP contribution in [0.4, 0.5) is 0 Å². The smallest absolute Gasteiger partial charge is 0.355 e. The average Bonchev–Trinajstić information content (AvgIpc) is 3.32. The molecule has 10 heteroatoms. The number of rotatable bonds is 6. The van der Waals surface area contributed by atoms with E-state index >= 15 is 0 Å². The highest BCUT2D eigenvalue weighted by atomic mass is 35.5. The van der Waals surface area contributed by atoms with Crippen LogP contribution in [-0.2, 0) is 0 Å². The van der Waals surface area contributed by atoms with E-state index in [-0.39, 0.29) is 10.9 Å². The number of carbonyl (C=O) groups is 1. The van der Waals surface area contributed by atoms with Gasteiger partial charge in [0.15, 0.2) is 5.69 Å². The van der Waals surface area contributed by atoms with Crippen molar-refractivity contribution in [3.05, 3.63) is 68.4 Å². The minimum atomic E-state index is -1.10. The Morgan fingerprint density at radius 3 is 2.47 bits per heavy atom. The lowest BCUT2D eigenvalue weighted by molar-refractivity contribution is 0.0688. The van der Waals surface area contributed by atoms with E-state index in [2.05, 4.69) is 18.9 Å². The minimum Gasteiger partial charge on any atom is -0.476 e. The first-order valence-corrected chi connectivity index (χ1v) is 13.1. The number of aromatic nitrogens is 3. The minimum absolute atomic E-state index is 0.0402. The van der Waals surface area contributed by atoms with Crippen LogP contribution < -0.4 is 0 Å². The van der Waals surface area contributed by atoms with Gasteiger partial charge in [-0.1, -0.05) is 78.2 Å². The molecule has 0 spiro atoms.